The van der Waals surface area contributed by atoms with Gasteiger partial charge in [-0.3, -0.25) is 0 Å². The summed E-state index contributed by atoms with van der Waals surface area (Å²) in [6.07, 6.45) is 3.84. The van der Waals surface area contributed by atoms with Gasteiger partial charge in [-0.1, -0.05) is 22.0 Å². The molecule has 0 aliphatic carbocycles. The first-order valence-corrected chi connectivity index (χ1v) is 6.75. The van der Waals surface area contributed by atoms with E-state index in [1.54, 1.807) is 0 Å². The minimum absolute atomic E-state index is 0.790. The molecule has 2 rings (SSSR count). The van der Waals surface area contributed by atoms with Crippen LogP contribution in [0.1, 0.15) is 18.4 Å². The molecule has 0 spiro atoms. The van der Waals surface area contributed by atoms with Gasteiger partial charge >= 0.3 is 0 Å². The highest BCUT2D eigenvalue weighted by molar-refractivity contribution is 9.10. The maximum atomic E-state index is 5.96. The first-order chi connectivity index (χ1) is 6.75. The monoisotopic (exact) mass is 271 g/mol. The second-order valence-corrected chi connectivity index (χ2v) is 6.01. The zero-order chi connectivity index (χ0) is 9.97. The number of benzene rings is 1. The third-order valence-electron chi connectivity index (χ3n) is 2.58. The summed E-state index contributed by atoms with van der Waals surface area (Å²) < 4.78 is 1.07. The molecule has 0 bridgehead atoms. The summed E-state index contributed by atoms with van der Waals surface area (Å²) in [6, 6.07) is 6.21. The van der Waals surface area contributed by atoms with Gasteiger partial charge in [0.25, 0.3) is 0 Å². The molecule has 1 aromatic carbocycles. The van der Waals surface area contributed by atoms with Crippen molar-refractivity contribution in [2.45, 2.75) is 24.5 Å². The maximum absolute atomic E-state index is 5.96. The normalized spacial score (nSPS) is 21.4. The van der Waals surface area contributed by atoms with E-state index in [1.807, 2.05) is 6.07 Å². The van der Waals surface area contributed by atoms with Gasteiger partial charge in [0.15, 0.2) is 0 Å². The molecule has 0 amide bonds. The molecule has 1 aliphatic heterocycles. The van der Waals surface area contributed by atoms with E-state index < -0.39 is 0 Å². The molecule has 0 saturated carbocycles. The molecular weight excluding hydrogens is 258 g/mol. The average Bonchev–Trinajstić information content (AvgIpc) is 2.62. The zero-order valence-corrected chi connectivity index (χ0v) is 10.4. The van der Waals surface area contributed by atoms with Gasteiger partial charge < -0.3 is 5.73 Å². The van der Waals surface area contributed by atoms with Gasteiger partial charge in [0.2, 0.25) is 0 Å². The van der Waals surface area contributed by atoms with Gasteiger partial charge in [-0.2, -0.15) is 11.8 Å². The van der Waals surface area contributed by atoms with Crippen LogP contribution < -0.4 is 5.73 Å². The SMILES string of the molecule is Nc1cc(Br)ccc1CC1CCCS1. The number of halogens is 1. The molecule has 2 N–H and O–H groups in total. The number of rotatable bonds is 2. The number of anilines is 1. The van der Waals surface area contributed by atoms with Crippen LogP contribution >= 0.6 is 27.7 Å². The van der Waals surface area contributed by atoms with Crippen molar-refractivity contribution in [1.29, 1.82) is 0 Å². The fraction of sp³-hybridized carbons (Fsp3) is 0.455. The van der Waals surface area contributed by atoms with E-state index in [1.165, 1.54) is 24.2 Å². The van der Waals surface area contributed by atoms with Crippen molar-refractivity contribution >= 4 is 33.4 Å². The third-order valence-corrected chi connectivity index (χ3v) is 4.47. The number of hydrogen-bond acceptors (Lipinski definition) is 2. The fourth-order valence-corrected chi connectivity index (χ4v) is 3.48. The maximum Gasteiger partial charge on any atom is 0.0358 e. The number of hydrogen-bond donors (Lipinski definition) is 1. The molecule has 1 nitrogen and oxygen atoms in total. The second-order valence-electron chi connectivity index (χ2n) is 3.68. The predicted molar refractivity (Wildman–Crippen MR) is 67.7 cm³/mol. The highest BCUT2D eigenvalue weighted by atomic mass is 79.9. The van der Waals surface area contributed by atoms with Gasteiger partial charge in [0.05, 0.1) is 0 Å². The Morgan fingerprint density at radius 3 is 3.00 bits per heavy atom. The molecule has 76 valence electrons. The Bertz CT molecular complexity index is 321. The van der Waals surface area contributed by atoms with Crippen LogP contribution in [0.4, 0.5) is 5.69 Å². The van der Waals surface area contributed by atoms with E-state index in [4.69, 9.17) is 5.73 Å². The van der Waals surface area contributed by atoms with Crippen LogP contribution in [0.15, 0.2) is 22.7 Å². The molecule has 1 saturated heterocycles. The molecule has 1 aliphatic rings. The fourth-order valence-electron chi connectivity index (χ4n) is 1.80. The van der Waals surface area contributed by atoms with E-state index in [9.17, 15) is 0 Å². The van der Waals surface area contributed by atoms with E-state index in [2.05, 4.69) is 39.8 Å². The van der Waals surface area contributed by atoms with Crippen molar-refractivity contribution < 1.29 is 0 Å². The van der Waals surface area contributed by atoms with Crippen LogP contribution in [0.3, 0.4) is 0 Å². The van der Waals surface area contributed by atoms with E-state index >= 15 is 0 Å². The molecule has 0 aromatic heterocycles. The van der Waals surface area contributed by atoms with Crippen LogP contribution in [0, 0.1) is 0 Å². The van der Waals surface area contributed by atoms with Gasteiger partial charge in [-0.15, -0.1) is 0 Å². The molecular formula is C11H14BrNS. The largest absolute Gasteiger partial charge is 0.398 e. The summed E-state index contributed by atoms with van der Waals surface area (Å²) >= 11 is 5.51. The summed E-state index contributed by atoms with van der Waals surface area (Å²) in [5.74, 6) is 1.32. The van der Waals surface area contributed by atoms with Crippen molar-refractivity contribution in [3.05, 3.63) is 28.2 Å². The van der Waals surface area contributed by atoms with Gasteiger partial charge in [0, 0.05) is 15.4 Å². The smallest absolute Gasteiger partial charge is 0.0358 e. The molecule has 0 radical (unpaired) electrons. The Balaban J connectivity index is 2.08. The van der Waals surface area contributed by atoms with Crippen LogP contribution in [0.25, 0.3) is 0 Å². The van der Waals surface area contributed by atoms with Crippen LogP contribution in [-0.4, -0.2) is 11.0 Å². The number of nitrogen functional groups attached to an aromatic ring is 1. The minimum Gasteiger partial charge on any atom is -0.398 e. The average molecular weight is 272 g/mol. The van der Waals surface area contributed by atoms with E-state index in [0.717, 1.165) is 21.8 Å². The summed E-state index contributed by atoms with van der Waals surface area (Å²) in [6.45, 7) is 0. The second kappa shape index (κ2) is 4.58. The van der Waals surface area contributed by atoms with Crippen LogP contribution in [0.5, 0.6) is 0 Å². The Morgan fingerprint density at radius 2 is 2.36 bits per heavy atom. The lowest BCUT2D eigenvalue weighted by molar-refractivity contribution is 0.778. The number of nitrogens with two attached hydrogens (primary N) is 1. The molecule has 1 heterocycles. The van der Waals surface area contributed by atoms with Crippen LogP contribution in [0.2, 0.25) is 0 Å². The quantitative estimate of drug-likeness (QED) is 0.834. The summed E-state index contributed by atoms with van der Waals surface area (Å²) in [7, 11) is 0. The molecule has 1 aromatic rings. The summed E-state index contributed by atoms with van der Waals surface area (Å²) in [5.41, 5.74) is 8.18. The lowest BCUT2D eigenvalue weighted by Gasteiger charge is -2.10. The highest BCUT2D eigenvalue weighted by Crippen LogP contribution is 2.31. The topological polar surface area (TPSA) is 26.0 Å². The first kappa shape index (κ1) is 10.4. The van der Waals surface area contributed by atoms with Crippen LogP contribution in [-0.2, 0) is 6.42 Å². The highest BCUT2D eigenvalue weighted by Gasteiger charge is 2.16. The lowest BCUT2D eigenvalue weighted by Crippen LogP contribution is -2.04. The summed E-state index contributed by atoms with van der Waals surface area (Å²) in [4.78, 5) is 0. The molecule has 14 heavy (non-hydrogen) atoms. The van der Waals surface area contributed by atoms with E-state index in [0.29, 0.717) is 0 Å². The molecule has 1 atom stereocenters. The van der Waals surface area contributed by atoms with Crippen molar-refractivity contribution in [3.8, 4) is 0 Å². The van der Waals surface area contributed by atoms with Crippen molar-refractivity contribution in [2.75, 3.05) is 11.5 Å². The first-order valence-electron chi connectivity index (χ1n) is 4.91. The van der Waals surface area contributed by atoms with Crippen molar-refractivity contribution in [3.63, 3.8) is 0 Å². The van der Waals surface area contributed by atoms with E-state index in [-0.39, 0.29) is 0 Å². The summed E-state index contributed by atoms with van der Waals surface area (Å²) in [5, 5.41) is 0.790. The molecule has 1 fully saturated rings. The lowest BCUT2D eigenvalue weighted by atomic mass is 10.1. The minimum atomic E-state index is 0.790. The van der Waals surface area contributed by atoms with Gasteiger partial charge in [-0.25, -0.2) is 0 Å². The third kappa shape index (κ3) is 2.45. The standard InChI is InChI=1S/C11H14BrNS/c12-9-4-3-8(11(13)7-9)6-10-2-1-5-14-10/h3-4,7,10H,1-2,5-6,13H2. The Morgan fingerprint density at radius 1 is 1.50 bits per heavy atom. The zero-order valence-electron chi connectivity index (χ0n) is 8.00. The van der Waals surface area contributed by atoms with Crippen molar-refractivity contribution in [2.24, 2.45) is 0 Å². The number of thioether (sulfide) groups is 1. The van der Waals surface area contributed by atoms with Crippen molar-refractivity contribution in [1.82, 2.24) is 0 Å². The molecule has 3 heteroatoms. The van der Waals surface area contributed by atoms with Gasteiger partial charge in [-0.05, 0) is 42.7 Å². The predicted octanol–water partition coefficient (Wildman–Crippen LogP) is 3.47. The Hall–Kier alpha value is -0.150. The molecule has 1 unspecified atom stereocenters. The Labute approximate surface area is 97.6 Å². The Kier molecular flexibility index (Phi) is 3.39. The van der Waals surface area contributed by atoms with Gasteiger partial charge in [0.1, 0.15) is 0 Å².